The van der Waals surface area contributed by atoms with E-state index in [0.29, 0.717) is 0 Å². The summed E-state index contributed by atoms with van der Waals surface area (Å²) in [5.74, 6) is 0. The van der Waals surface area contributed by atoms with Crippen molar-refractivity contribution in [3.8, 4) is 0 Å². The second kappa shape index (κ2) is 4.31. The van der Waals surface area contributed by atoms with E-state index in [1.54, 1.807) is 0 Å². The first-order chi connectivity index (χ1) is 6.58. The van der Waals surface area contributed by atoms with Crippen LogP contribution in [0.4, 0.5) is 0 Å². The molecule has 0 aliphatic rings. The van der Waals surface area contributed by atoms with Gasteiger partial charge in [-0.05, 0) is 13.8 Å². The first-order valence-corrected chi connectivity index (χ1v) is 4.06. The normalized spacial score (nSPS) is 9.29. The summed E-state index contributed by atoms with van der Waals surface area (Å²) in [6.45, 7) is 3.63. The van der Waals surface area contributed by atoms with Crippen LogP contribution in [0.15, 0.2) is 21.7 Å². The Morgan fingerprint density at radius 1 is 0.786 bits per heavy atom. The van der Waals surface area contributed by atoms with Gasteiger partial charge in [0.05, 0.1) is 0 Å². The zero-order valence-electron chi connectivity index (χ0n) is 7.97. The summed E-state index contributed by atoms with van der Waals surface area (Å²) in [6.07, 6.45) is 0. The van der Waals surface area contributed by atoms with Crippen LogP contribution in [-0.4, -0.2) is 20.4 Å². The van der Waals surface area contributed by atoms with Crippen LogP contribution >= 0.6 is 0 Å². The minimum atomic E-state index is -0.0718. The second-order valence-electron chi connectivity index (χ2n) is 2.88. The quantitative estimate of drug-likeness (QED) is 0.478. The third-order valence-corrected chi connectivity index (χ3v) is 1.46. The van der Waals surface area contributed by atoms with Gasteiger partial charge in [0, 0.05) is 23.5 Å². The third-order valence-electron chi connectivity index (χ3n) is 1.46. The average Bonchev–Trinajstić information content (AvgIpc) is 2.63. The molecular weight excluding hydrogens is 184 g/mol. The Balaban J connectivity index is 0.000000140. The van der Waals surface area contributed by atoms with E-state index in [4.69, 9.17) is 0 Å². The van der Waals surface area contributed by atoms with Crippen molar-refractivity contribution in [2.45, 2.75) is 13.8 Å². The third kappa shape index (κ3) is 3.18. The van der Waals surface area contributed by atoms with Gasteiger partial charge in [-0.2, -0.15) is 0 Å². The lowest BCUT2D eigenvalue weighted by Gasteiger charge is -1.69. The van der Waals surface area contributed by atoms with Crippen molar-refractivity contribution in [3.05, 3.63) is 44.2 Å². The van der Waals surface area contributed by atoms with E-state index in [2.05, 4.69) is 20.4 Å². The Morgan fingerprint density at radius 3 is 1.21 bits per heavy atom. The number of rotatable bonds is 0. The van der Waals surface area contributed by atoms with Crippen molar-refractivity contribution < 1.29 is 0 Å². The molecule has 0 aliphatic carbocycles. The molecule has 4 N–H and O–H groups in total. The van der Waals surface area contributed by atoms with E-state index in [1.165, 1.54) is 12.1 Å². The van der Waals surface area contributed by atoms with Crippen molar-refractivity contribution in [2.24, 2.45) is 0 Å². The van der Waals surface area contributed by atoms with Crippen molar-refractivity contribution in [2.75, 3.05) is 0 Å². The zero-order chi connectivity index (χ0) is 10.6. The smallest absolute Gasteiger partial charge is 0.264 e. The molecule has 2 heterocycles. The summed E-state index contributed by atoms with van der Waals surface area (Å²) in [4.78, 5) is 20.4. The lowest BCUT2D eigenvalue weighted by Crippen LogP contribution is -1.93. The van der Waals surface area contributed by atoms with Gasteiger partial charge in [-0.25, -0.2) is 0 Å². The topological polar surface area (TPSA) is 97.3 Å². The lowest BCUT2D eigenvalue weighted by atomic mass is 10.5. The number of hydrogen-bond donors (Lipinski definition) is 4. The average molecular weight is 196 g/mol. The molecule has 0 saturated carbocycles. The van der Waals surface area contributed by atoms with Crippen LogP contribution in [0.1, 0.15) is 11.4 Å². The summed E-state index contributed by atoms with van der Waals surface area (Å²) in [5.41, 5.74) is 1.59. The van der Waals surface area contributed by atoms with Gasteiger partial charge in [-0.15, -0.1) is 0 Å². The van der Waals surface area contributed by atoms with Crippen molar-refractivity contribution in [1.29, 1.82) is 0 Å². The Bertz CT molecular complexity index is 441. The molecule has 2 aromatic heterocycles. The molecule has 0 amide bonds. The minimum absolute atomic E-state index is 0.0718. The number of nitrogens with one attached hydrogen (secondary N) is 4. The molecule has 76 valence electrons. The Hall–Kier alpha value is -1.98. The Kier molecular flexibility index (Phi) is 3.11. The number of hydrogen-bond acceptors (Lipinski definition) is 2. The van der Waals surface area contributed by atoms with Gasteiger partial charge in [0.1, 0.15) is 0 Å². The van der Waals surface area contributed by atoms with Crippen molar-refractivity contribution in [3.63, 3.8) is 0 Å². The van der Waals surface area contributed by atoms with E-state index in [-0.39, 0.29) is 11.1 Å². The lowest BCUT2D eigenvalue weighted by molar-refractivity contribution is 1.02. The molecule has 2 aromatic rings. The molecule has 2 rings (SSSR count). The highest BCUT2D eigenvalue weighted by Crippen LogP contribution is 1.76. The summed E-state index contributed by atoms with van der Waals surface area (Å²) >= 11 is 0. The van der Waals surface area contributed by atoms with Gasteiger partial charge >= 0.3 is 0 Å². The second-order valence-corrected chi connectivity index (χ2v) is 2.88. The Labute approximate surface area is 79.3 Å². The van der Waals surface area contributed by atoms with Crippen LogP contribution in [0.3, 0.4) is 0 Å². The van der Waals surface area contributed by atoms with Gasteiger partial charge in [0.15, 0.2) is 0 Å². The molecular formula is C8H12N4O2. The van der Waals surface area contributed by atoms with Gasteiger partial charge in [0.25, 0.3) is 11.1 Å². The highest BCUT2D eigenvalue weighted by Gasteiger charge is 1.82. The van der Waals surface area contributed by atoms with E-state index >= 15 is 0 Å². The molecule has 0 spiro atoms. The molecule has 0 aliphatic heterocycles. The fraction of sp³-hybridized carbons (Fsp3) is 0.250. The summed E-state index contributed by atoms with van der Waals surface area (Å²) in [5, 5.41) is 10.0. The molecule has 0 unspecified atom stereocenters. The van der Waals surface area contributed by atoms with Crippen LogP contribution in [0.2, 0.25) is 0 Å². The summed E-state index contributed by atoms with van der Waals surface area (Å²) in [6, 6.07) is 3.00. The van der Waals surface area contributed by atoms with Crippen LogP contribution in [-0.2, 0) is 0 Å². The maximum atomic E-state index is 10.2. The van der Waals surface area contributed by atoms with Crippen LogP contribution in [0.25, 0.3) is 0 Å². The number of aromatic nitrogens is 4. The monoisotopic (exact) mass is 196 g/mol. The van der Waals surface area contributed by atoms with E-state index in [0.717, 1.165) is 11.4 Å². The molecule has 0 fully saturated rings. The van der Waals surface area contributed by atoms with Gasteiger partial charge in [0.2, 0.25) is 0 Å². The fourth-order valence-electron chi connectivity index (χ4n) is 0.858. The number of aryl methyl sites for hydroxylation is 2. The number of aromatic amines is 4. The van der Waals surface area contributed by atoms with E-state index in [1.807, 2.05) is 13.8 Å². The minimum Gasteiger partial charge on any atom is -0.303 e. The SMILES string of the molecule is Cc1cc(=O)[nH][nH]1.Cc1cc(=O)[nH][nH]1. The first kappa shape index (κ1) is 10.1. The van der Waals surface area contributed by atoms with Gasteiger partial charge in [-0.1, -0.05) is 0 Å². The van der Waals surface area contributed by atoms with Gasteiger partial charge < -0.3 is 10.2 Å². The molecule has 0 bridgehead atoms. The summed E-state index contributed by atoms with van der Waals surface area (Å²) < 4.78 is 0. The predicted octanol–water partition coefficient (Wildman–Crippen LogP) is 0.0228. The fourth-order valence-corrected chi connectivity index (χ4v) is 0.858. The van der Waals surface area contributed by atoms with Crippen LogP contribution < -0.4 is 11.1 Å². The number of H-pyrrole nitrogens is 4. The predicted molar refractivity (Wildman–Crippen MR) is 52.3 cm³/mol. The van der Waals surface area contributed by atoms with Crippen molar-refractivity contribution >= 4 is 0 Å². The Morgan fingerprint density at radius 2 is 1.14 bits per heavy atom. The molecule has 14 heavy (non-hydrogen) atoms. The molecule has 6 heteroatoms. The van der Waals surface area contributed by atoms with Crippen molar-refractivity contribution in [1.82, 2.24) is 20.4 Å². The van der Waals surface area contributed by atoms with Crippen LogP contribution in [0.5, 0.6) is 0 Å². The highest BCUT2D eigenvalue weighted by molar-refractivity contribution is 4.93. The molecule has 6 nitrogen and oxygen atoms in total. The molecule has 0 atom stereocenters. The molecule has 0 saturated heterocycles. The van der Waals surface area contributed by atoms with E-state index in [9.17, 15) is 9.59 Å². The van der Waals surface area contributed by atoms with Gasteiger partial charge in [-0.3, -0.25) is 19.8 Å². The highest BCUT2D eigenvalue weighted by atomic mass is 16.1. The van der Waals surface area contributed by atoms with Crippen LogP contribution in [0, 0.1) is 13.8 Å². The molecule has 0 radical (unpaired) electrons. The molecule has 0 aromatic carbocycles. The largest absolute Gasteiger partial charge is 0.303 e. The summed E-state index contributed by atoms with van der Waals surface area (Å²) in [7, 11) is 0. The first-order valence-electron chi connectivity index (χ1n) is 4.06. The maximum absolute atomic E-state index is 10.2. The zero-order valence-corrected chi connectivity index (χ0v) is 7.97. The standard InChI is InChI=1S/2C4H6N2O/c2*1-3-2-4(7)6-5-3/h2*2H,1H3,(H2,5,6,7). The van der Waals surface area contributed by atoms with E-state index < -0.39 is 0 Å². The maximum Gasteiger partial charge on any atom is 0.264 e.